The number of thiophene rings is 1. The van der Waals surface area contributed by atoms with Crippen molar-refractivity contribution in [1.29, 1.82) is 0 Å². The van der Waals surface area contributed by atoms with E-state index in [2.05, 4.69) is 28.7 Å². The second kappa shape index (κ2) is 4.95. The highest BCUT2D eigenvalue weighted by Gasteiger charge is 2.48. The summed E-state index contributed by atoms with van der Waals surface area (Å²) >= 11 is 1.81. The van der Waals surface area contributed by atoms with Gasteiger partial charge >= 0.3 is 0 Å². The summed E-state index contributed by atoms with van der Waals surface area (Å²) in [6.07, 6.45) is 6.75. The Bertz CT molecular complexity index is 385. The quantitative estimate of drug-likeness (QED) is 0.884. The summed E-state index contributed by atoms with van der Waals surface area (Å²) in [4.78, 5) is 2.76. The highest BCUT2D eigenvalue weighted by molar-refractivity contribution is 7.07. The third-order valence-electron chi connectivity index (χ3n) is 5.01. The van der Waals surface area contributed by atoms with E-state index in [4.69, 9.17) is 5.73 Å². The minimum Gasteiger partial charge on any atom is -0.329 e. The van der Waals surface area contributed by atoms with Gasteiger partial charge in [0.2, 0.25) is 0 Å². The van der Waals surface area contributed by atoms with Crippen LogP contribution in [0.5, 0.6) is 0 Å². The van der Waals surface area contributed by atoms with Crippen LogP contribution in [-0.2, 0) is 6.54 Å². The topological polar surface area (TPSA) is 29.3 Å². The van der Waals surface area contributed by atoms with Gasteiger partial charge in [0.1, 0.15) is 0 Å². The zero-order valence-corrected chi connectivity index (χ0v) is 12.1. The number of hydrogen-bond donors (Lipinski definition) is 1. The molecular formula is C15H24N2S. The second-order valence-corrected chi connectivity index (χ2v) is 6.87. The molecule has 0 aliphatic heterocycles. The molecule has 2 unspecified atom stereocenters. The zero-order chi connectivity index (χ0) is 12.6. The number of hydrogen-bond acceptors (Lipinski definition) is 3. The van der Waals surface area contributed by atoms with E-state index in [9.17, 15) is 0 Å². The molecule has 2 nitrogen and oxygen atoms in total. The van der Waals surface area contributed by atoms with Crippen molar-refractivity contribution < 1.29 is 0 Å². The molecule has 2 fully saturated rings. The van der Waals surface area contributed by atoms with E-state index in [1.807, 2.05) is 0 Å². The van der Waals surface area contributed by atoms with Gasteiger partial charge in [-0.2, -0.15) is 11.3 Å². The molecule has 0 bridgehead atoms. The molecule has 0 radical (unpaired) electrons. The summed E-state index contributed by atoms with van der Waals surface area (Å²) in [7, 11) is 0. The zero-order valence-electron chi connectivity index (χ0n) is 11.3. The van der Waals surface area contributed by atoms with Crippen molar-refractivity contribution in [3.63, 3.8) is 0 Å². The smallest absolute Gasteiger partial charge is 0.0363 e. The van der Waals surface area contributed by atoms with Crippen LogP contribution in [0.1, 0.15) is 44.6 Å². The fourth-order valence-corrected chi connectivity index (χ4v) is 4.35. The Balaban J connectivity index is 1.83. The number of nitrogens with two attached hydrogens (primary N) is 1. The van der Waals surface area contributed by atoms with Crippen molar-refractivity contribution in [2.24, 2.45) is 11.7 Å². The van der Waals surface area contributed by atoms with Gasteiger partial charge in [-0.05, 0) is 54.0 Å². The fraction of sp³-hybridized carbons (Fsp3) is 0.733. The van der Waals surface area contributed by atoms with E-state index in [1.165, 1.54) is 37.7 Å². The van der Waals surface area contributed by atoms with Gasteiger partial charge in [-0.15, -0.1) is 0 Å². The van der Waals surface area contributed by atoms with Gasteiger partial charge in [-0.1, -0.05) is 13.3 Å². The standard InChI is InChI=1S/C15H24N2S/c1-12-3-2-7-15(12,11-16)17(14-4-5-14)9-13-6-8-18-10-13/h6,8,10,12,14H,2-5,7,9,11,16H2,1H3. The Morgan fingerprint density at radius 1 is 1.44 bits per heavy atom. The van der Waals surface area contributed by atoms with E-state index in [1.54, 1.807) is 11.3 Å². The Labute approximate surface area is 114 Å². The van der Waals surface area contributed by atoms with Gasteiger partial charge in [0.05, 0.1) is 0 Å². The summed E-state index contributed by atoms with van der Waals surface area (Å²) in [5.41, 5.74) is 7.97. The molecule has 0 spiro atoms. The Morgan fingerprint density at radius 2 is 2.28 bits per heavy atom. The number of nitrogens with zero attached hydrogens (tertiary/aromatic N) is 1. The van der Waals surface area contributed by atoms with Gasteiger partial charge in [0.15, 0.2) is 0 Å². The molecule has 2 atom stereocenters. The molecule has 18 heavy (non-hydrogen) atoms. The monoisotopic (exact) mass is 264 g/mol. The van der Waals surface area contributed by atoms with Crippen molar-refractivity contribution in [2.45, 2.75) is 57.2 Å². The lowest BCUT2D eigenvalue weighted by Crippen LogP contribution is -2.56. The van der Waals surface area contributed by atoms with Crippen LogP contribution in [0.25, 0.3) is 0 Å². The minimum atomic E-state index is 0.281. The molecule has 2 N–H and O–H groups in total. The predicted molar refractivity (Wildman–Crippen MR) is 77.7 cm³/mol. The van der Waals surface area contributed by atoms with Gasteiger partial charge in [0, 0.05) is 24.7 Å². The maximum atomic E-state index is 6.22. The van der Waals surface area contributed by atoms with Crippen molar-refractivity contribution in [2.75, 3.05) is 6.54 Å². The van der Waals surface area contributed by atoms with Crippen LogP contribution >= 0.6 is 11.3 Å². The first-order chi connectivity index (χ1) is 8.76. The third kappa shape index (κ3) is 2.13. The lowest BCUT2D eigenvalue weighted by atomic mass is 9.85. The first-order valence-electron chi connectivity index (χ1n) is 7.24. The number of rotatable bonds is 5. The van der Waals surface area contributed by atoms with Gasteiger partial charge in [0.25, 0.3) is 0 Å². The highest BCUT2D eigenvalue weighted by Crippen LogP contribution is 2.45. The maximum absolute atomic E-state index is 6.22. The maximum Gasteiger partial charge on any atom is 0.0363 e. The fourth-order valence-electron chi connectivity index (χ4n) is 3.69. The third-order valence-corrected chi connectivity index (χ3v) is 5.74. The average Bonchev–Trinajstić information content (AvgIpc) is 2.95. The van der Waals surface area contributed by atoms with Crippen molar-refractivity contribution in [3.05, 3.63) is 22.4 Å². The molecule has 0 amide bonds. The van der Waals surface area contributed by atoms with Crippen molar-refractivity contribution >= 4 is 11.3 Å². The molecule has 0 aromatic carbocycles. The highest BCUT2D eigenvalue weighted by atomic mass is 32.1. The molecular weight excluding hydrogens is 240 g/mol. The minimum absolute atomic E-state index is 0.281. The summed E-state index contributed by atoms with van der Waals surface area (Å²) in [5, 5.41) is 4.48. The average molecular weight is 264 g/mol. The second-order valence-electron chi connectivity index (χ2n) is 6.09. The molecule has 1 aromatic heterocycles. The first-order valence-corrected chi connectivity index (χ1v) is 8.18. The molecule has 2 saturated carbocycles. The molecule has 2 aliphatic carbocycles. The van der Waals surface area contributed by atoms with Crippen LogP contribution in [0.2, 0.25) is 0 Å². The van der Waals surface area contributed by atoms with Gasteiger partial charge in [-0.3, -0.25) is 4.90 Å². The Kier molecular flexibility index (Phi) is 3.48. The SMILES string of the molecule is CC1CCCC1(CN)N(Cc1ccsc1)C1CC1. The molecule has 2 aliphatic rings. The van der Waals surface area contributed by atoms with Crippen LogP contribution in [-0.4, -0.2) is 23.0 Å². The van der Waals surface area contributed by atoms with E-state index >= 15 is 0 Å². The van der Waals surface area contributed by atoms with Crippen molar-refractivity contribution in [3.8, 4) is 0 Å². The van der Waals surface area contributed by atoms with E-state index < -0.39 is 0 Å². The molecule has 0 saturated heterocycles. The normalized spacial score (nSPS) is 32.3. The summed E-state index contributed by atoms with van der Waals surface area (Å²) in [5.74, 6) is 0.752. The summed E-state index contributed by atoms with van der Waals surface area (Å²) in [6, 6.07) is 3.07. The van der Waals surface area contributed by atoms with Gasteiger partial charge < -0.3 is 5.73 Å². The molecule has 1 heterocycles. The Hall–Kier alpha value is -0.380. The lowest BCUT2D eigenvalue weighted by Gasteiger charge is -2.44. The largest absolute Gasteiger partial charge is 0.329 e. The van der Waals surface area contributed by atoms with Crippen molar-refractivity contribution in [1.82, 2.24) is 4.90 Å². The summed E-state index contributed by atoms with van der Waals surface area (Å²) < 4.78 is 0. The molecule has 3 heteroatoms. The molecule has 3 rings (SSSR count). The lowest BCUT2D eigenvalue weighted by molar-refractivity contribution is 0.0477. The van der Waals surface area contributed by atoms with Crippen LogP contribution in [0.4, 0.5) is 0 Å². The Morgan fingerprint density at radius 3 is 2.78 bits per heavy atom. The molecule has 100 valence electrons. The van der Waals surface area contributed by atoms with Crippen LogP contribution in [0.15, 0.2) is 16.8 Å². The van der Waals surface area contributed by atoms with Crippen LogP contribution in [0.3, 0.4) is 0 Å². The van der Waals surface area contributed by atoms with Gasteiger partial charge in [-0.25, -0.2) is 0 Å². The van der Waals surface area contributed by atoms with E-state index in [0.29, 0.717) is 0 Å². The summed E-state index contributed by atoms with van der Waals surface area (Å²) in [6.45, 7) is 4.34. The van der Waals surface area contributed by atoms with Crippen LogP contribution < -0.4 is 5.73 Å². The first kappa shape index (κ1) is 12.6. The van der Waals surface area contributed by atoms with E-state index in [-0.39, 0.29) is 5.54 Å². The van der Waals surface area contributed by atoms with E-state index in [0.717, 1.165) is 25.0 Å². The predicted octanol–water partition coefficient (Wildman–Crippen LogP) is 3.23. The molecule has 1 aromatic rings. The van der Waals surface area contributed by atoms with Crippen LogP contribution in [0, 0.1) is 5.92 Å².